The van der Waals surface area contributed by atoms with Crippen LogP contribution in [0.25, 0.3) is 23.3 Å². The van der Waals surface area contributed by atoms with E-state index in [0.717, 1.165) is 48.3 Å². The second-order valence-electron chi connectivity index (χ2n) is 9.21. The first-order valence-corrected chi connectivity index (χ1v) is 14.4. The van der Waals surface area contributed by atoms with Crippen molar-refractivity contribution < 1.29 is 0 Å². The summed E-state index contributed by atoms with van der Waals surface area (Å²) < 4.78 is 1.95. The number of allylic oxidation sites excluding steroid dienone is 2. The van der Waals surface area contributed by atoms with Crippen LogP contribution >= 0.6 is 31.9 Å². The molecule has 0 aliphatic rings. The van der Waals surface area contributed by atoms with Crippen molar-refractivity contribution in [2.75, 3.05) is 4.90 Å². The average Bonchev–Trinajstić information content (AvgIpc) is 3.02. The number of hydrogen-bond acceptors (Lipinski definition) is 3. The molecule has 0 unspecified atom stereocenters. The highest BCUT2D eigenvalue weighted by Crippen LogP contribution is 2.35. The molecule has 0 fully saturated rings. The molecule has 0 saturated heterocycles. The third kappa shape index (κ3) is 6.91. The molecular formula is C36H23Br2N3. The van der Waals surface area contributed by atoms with E-state index in [1.165, 1.54) is 0 Å². The molecular weight excluding hydrogens is 634 g/mol. The fourth-order valence-electron chi connectivity index (χ4n) is 4.42. The predicted molar refractivity (Wildman–Crippen MR) is 176 cm³/mol. The molecule has 5 aromatic rings. The molecule has 0 bridgehead atoms. The monoisotopic (exact) mass is 655 g/mol. The summed E-state index contributed by atoms with van der Waals surface area (Å²) in [6.45, 7) is 0. The van der Waals surface area contributed by atoms with Crippen LogP contribution in [0.5, 0.6) is 0 Å². The van der Waals surface area contributed by atoms with Gasteiger partial charge in [-0.1, -0.05) is 98.6 Å². The minimum atomic E-state index is 0.605. The quantitative estimate of drug-likeness (QED) is 0.129. The Labute approximate surface area is 257 Å². The summed E-state index contributed by atoms with van der Waals surface area (Å²) in [5.41, 5.74) is 7.86. The van der Waals surface area contributed by atoms with Crippen LogP contribution < -0.4 is 4.90 Å². The Balaban J connectivity index is 1.46. The first kappa shape index (κ1) is 27.9. The molecule has 0 atom stereocenters. The fourth-order valence-corrected chi connectivity index (χ4v) is 4.94. The van der Waals surface area contributed by atoms with Gasteiger partial charge in [0.1, 0.15) is 0 Å². The number of halogens is 2. The second-order valence-corrected chi connectivity index (χ2v) is 11.0. The molecule has 0 heterocycles. The smallest absolute Gasteiger partial charge is 0.0998 e. The number of rotatable bonds is 7. The van der Waals surface area contributed by atoms with Gasteiger partial charge in [-0.05, 0) is 95.1 Å². The van der Waals surface area contributed by atoms with Crippen molar-refractivity contribution in [1.29, 1.82) is 10.5 Å². The lowest BCUT2D eigenvalue weighted by molar-refractivity contribution is 1.28. The number of anilines is 3. The van der Waals surface area contributed by atoms with Gasteiger partial charge in [0.25, 0.3) is 0 Å². The van der Waals surface area contributed by atoms with Gasteiger partial charge in [-0.15, -0.1) is 0 Å². The van der Waals surface area contributed by atoms with Gasteiger partial charge in [0, 0.05) is 26.0 Å². The minimum Gasteiger partial charge on any atom is -0.311 e. The van der Waals surface area contributed by atoms with Crippen molar-refractivity contribution in [2.45, 2.75) is 0 Å². The van der Waals surface area contributed by atoms with E-state index in [0.29, 0.717) is 11.1 Å². The molecule has 41 heavy (non-hydrogen) atoms. The first-order chi connectivity index (χ1) is 20.0. The van der Waals surface area contributed by atoms with E-state index in [9.17, 15) is 10.5 Å². The zero-order chi connectivity index (χ0) is 28.6. The first-order valence-electron chi connectivity index (χ1n) is 12.8. The van der Waals surface area contributed by atoms with E-state index in [1.54, 1.807) is 0 Å². The van der Waals surface area contributed by atoms with E-state index in [1.807, 2.05) is 103 Å². The molecule has 5 aromatic carbocycles. The number of nitrogens with zero attached hydrogens (tertiary/aromatic N) is 3. The molecule has 0 radical (unpaired) electrons. The van der Waals surface area contributed by atoms with Gasteiger partial charge in [-0.3, -0.25) is 0 Å². The molecule has 0 amide bonds. The number of para-hydroxylation sites is 1. The summed E-state index contributed by atoms with van der Waals surface area (Å²) in [7, 11) is 0. The predicted octanol–water partition coefficient (Wildman–Crippen LogP) is 10.8. The van der Waals surface area contributed by atoms with Gasteiger partial charge in [-0.2, -0.15) is 10.5 Å². The number of nitriles is 2. The van der Waals surface area contributed by atoms with Crippen LogP contribution in [0.3, 0.4) is 0 Å². The molecule has 0 N–H and O–H groups in total. The van der Waals surface area contributed by atoms with Gasteiger partial charge in [-0.25, -0.2) is 0 Å². The van der Waals surface area contributed by atoms with Crippen LogP contribution in [0.1, 0.15) is 22.3 Å². The van der Waals surface area contributed by atoms with Crippen LogP contribution in [0.2, 0.25) is 0 Å². The van der Waals surface area contributed by atoms with E-state index >= 15 is 0 Å². The van der Waals surface area contributed by atoms with Crippen molar-refractivity contribution >= 4 is 72.2 Å². The molecule has 0 aliphatic carbocycles. The highest BCUT2D eigenvalue weighted by molar-refractivity contribution is 9.10. The van der Waals surface area contributed by atoms with Gasteiger partial charge in [0.05, 0.1) is 23.3 Å². The van der Waals surface area contributed by atoms with E-state index in [2.05, 4.69) is 85.3 Å². The molecule has 0 aromatic heterocycles. The zero-order valence-corrected chi connectivity index (χ0v) is 25.0. The van der Waals surface area contributed by atoms with Crippen molar-refractivity contribution in [2.24, 2.45) is 0 Å². The van der Waals surface area contributed by atoms with Crippen molar-refractivity contribution in [3.8, 4) is 12.1 Å². The number of hydrogen-bond donors (Lipinski definition) is 0. The molecule has 0 aliphatic heterocycles. The van der Waals surface area contributed by atoms with Crippen LogP contribution in [0, 0.1) is 22.7 Å². The molecule has 3 nitrogen and oxygen atoms in total. The molecule has 0 saturated carbocycles. The van der Waals surface area contributed by atoms with Crippen LogP contribution in [0.4, 0.5) is 17.1 Å². The normalized spacial score (nSPS) is 11.4. The largest absolute Gasteiger partial charge is 0.311 e. The second kappa shape index (κ2) is 13.1. The van der Waals surface area contributed by atoms with E-state index in [4.69, 9.17) is 0 Å². The summed E-state index contributed by atoms with van der Waals surface area (Å²) in [6.07, 6.45) is 3.80. The van der Waals surface area contributed by atoms with Crippen molar-refractivity contribution in [3.05, 3.63) is 159 Å². The standard InChI is InChI=1S/C36H23Br2N3/c37-32-14-10-28(11-15-32)30(24-39)22-26-6-18-35(19-7-26)41(34-4-2-1-3-5-34)36-20-8-27(9-21-36)23-31(25-40)29-12-16-33(38)17-13-29/h1-23H/b30-22-,31-23+. The van der Waals surface area contributed by atoms with Crippen LogP contribution in [-0.2, 0) is 0 Å². The lowest BCUT2D eigenvalue weighted by Crippen LogP contribution is -2.09. The van der Waals surface area contributed by atoms with Crippen LogP contribution in [0.15, 0.2) is 136 Å². The zero-order valence-electron chi connectivity index (χ0n) is 21.9. The van der Waals surface area contributed by atoms with Gasteiger partial charge in [0.15, 0.2) is 0 Å². The SMILES string of the molecule is N#C/C(=C\c1ccc(N(c2ccccc2)c2ccc(/C=C(/C#N)c3ccc(Br)cc3)cc2)cc1)c1ccc(Br)cc1. The Morgan fingerprint density at radius 1 is 0.488 bits per heavy atom. The molecule has 0 spiro atoms. The van der Waals surface area contributed by atoms with Gasteiger partial charge in [0.2, 0.25) is 0 Å². The highest BCUT2D eigenvalue weighted by atomic mass is 79.9. The Morgan fingerprint density at radius 2 is 0.854 bits per heavy atom. The Kier molecular flexibility index (Phi) is 8.92. The molecule has 5 rings (SSSR count). The molecule has 196 valence electrons. The maximum Gasteiger partial charge on any atom is 0.0998 e. The third-order valence-corrected chi connectivity index (χ3v) is 7.55. The molecule has 5 heteroatoms. The Morgan fingerprint density at radius 3 is 1.22 bits per heavy atom. The van der Waals surface area contributed by atoms with E-state index in [-0.39, 0.29) is 0 Å². The summed E-state index contributed by atoms with van der Waals surface area (Å²) in [4.78, 5) is 2.18. The summed E-state index contributed by atoms with van der Waals surface area (Å²) in [6, 6.07) is 46.6. The van der Waals surface area contributed by atoms with Gasteiger partial charge < -0.3 is 4.90 Å². The van der Waals surface area contributed by atoms with E-state index < -0.39 is 0 Å². The maximum atomic E-state index is 9.76. The average molecular weight is 657 g/mol. The Bertz CT molecular complexity index is 1660. The maximum absolute atomic E-state index is 9.76. The lowest BCUT2D eigenvalue weighted by Gasteiger charge is -2.25. The summed E-state index contributed by atoms with van der Waals surface area (Å²) >= 11 is 6.90. The fraction of sp³-hybridized carbons (Fsp3) is 0. The highest BCUT2D eigenvalue weighted by Gasteiger charge is 2.12. The van der Waals surface area contributed by atoms with Crippen molar-refractivity contribution in [3.63, 3.8) is 0 Å². The summed E-state index contributed by atoms with van der Waals surface area (Å²) in [5.74, 6) is 0. The minimum absolute atomic E-state index is 0.605. The lowest BCUT2D eigenvalue weighted by atomic mass is 10.0. The summed E-state index contributed by atoms with van der Waals surface area (Å²) in [5, 5.41) is 19.5. The third-order valence-electron chi connectivity index (χ3n) is 6.49. The van der Waals surface area contributed by atoms with Gasteiger partial charge >= 0.3 is 0 Å². The van der Waals surface area contributed by atoms with Crippen LogP contribution in [-0.4, -0.2) is 0 Å². The number of benzene rings is 5. The Hall–Kier alpha value is -4.68. The van der Waals surface area contributed by atoms with Crippen molar-refractivity contribution in [1.82, 2.24) is 0 Å². The topological polar surface area (TPSA) is 50.8 Å².